The number of H-pyrrole nitrogens is 1. The van der Waals surface area contributed by atoms with Gasteiger partial charge in [0.2, 0.25) is 0 Å². The van der Waals surface area contributed by atoms with Crippen molar-refractivity contribution in [3.8, 4) is 0 Å². The smallest absolute Gasteiger partial charge is 0.114 e. The lowest BCUT2D eigenvalue weighted by Crippen LogP contribution is -2.21. The zero-order valence-electron chi connectivity index (χ0n) is 11.3. The van der Waals surface area contributed by atoms with E-state index in [-0.39, 0.29) is 5.56 Å². The largest absolute Gasteiger partial charge is 0.545 e. The molecule has 0 bridgehead atoms. The predicted molar refractivity (Wildman–Crippen MR) is 78.0 cm³/mol. The van der Waals surface area contributed by atoms with Gasteiger partial charge >= 0.3 is 0 Å². The molecule has 0 saturated heterocycles. The molecule has 0 amide bonds. The Bertz CT molecular complexity index is 832. The van der Waals surface area contributed by atoms with Crippen molar-refractivity contribution < 1.29 is 9.90 Å². The summed E-state index contributed by atoms with van der Waals surface area (Å²) in [5.74, 6) is -1.20. The molecular formula is C16H12N3O2-. The standard InChI is InChI=1S/C16H13N3O2/c1-10-15(13-4-2-3-5-14(13)17-10)19-18-12-8-6-11(7-9-12)16(20)21/h2-9,17H,1H3,(H,20,21)/p-1. The molecule has 0 unspecified atom stereocenters. The van der Waals surface area contributed by atoms with Crippen LogP contribution in [0.25, 0.3) is 10.9 Å². The number of nitrogens with one attached hydrogen (secondary N) is 1. The van der Waals surface area contributed by atoms with Gasteiger partial charge in [0.1, 0.15) is 5.69 Å². The molecule has 5 nitrogen and oxygen atoms in total. The summed E-state index contributed by atoms with van der Waals surface area (Å²) in [4.78, 5) is 13.9. The molecule has 0 atom stereocenters. The van der Waals surface area contributed by atoms with Crippen molar-refractivity contribution in [2.24, 2.45) is 10.2 Å². The number of benzene rings is 2. The van der Waals surface area contributed by atoms with Crippen molar-refractivity contribution in [2.45, 2.75) is 6.92 Å². The maximum absolute atomic E-state index is 10.7. The van der Waals surface area contributed by atoms with E-state index >= 15 is 0 Å². The summed E-state index contributed by atoms with van der Waals surface area (Å²) in [5, 5.41) is 20.1. The van der Waals surface area contributed by atoms with E-state index < -0.39 is 5.97 Å². The van der Waals surface area contributed by atoms with Crippen LogP contribution in [0.5, 0.6) is 0 Å². The predicted octanol–water partition coefficient (Wildman–Crippen LogP) is 3.26. The van der Waals surface area contributed by atoms with E-state index in [1.165, 1.54) is 12.1 Å². The SMILES string of the molecule is Cc1[nH]c2ccccc2c1N=Nc1ccc(C(=O)[O-])cc1. The lowest BCUT2D eigenvalue weighted by Gasteiger charge is -2.00. The topological polar surface area (TPSA) is 80.6 Å². The summed E-state index contributed by atoms with van der Waals surface area (Å²) < 4.78 is 0. The number of nitrogens with zero attached hydrogens (tertiary/aromatic N) is 2. The van der Waals surface area contributed by atoms with Crippen LogP contribution in [0.1, 0.15) is 16.1 Å². The number of aromatic carboxylic acids is 1. The third-order valence-corrected chi connectivity index (χ3v) is 3.23. The first-order valence-corrected chi connectivity index (χ1v) is 6.45. The van der Waals surface area contributed by atoms with Gasteiger partial charge in [-0.25, -0.2) is 0 Å². The first-order chi connectivity index (χ1) is 10.1. The minimum absolute atomic E-state index is 0.122. The van der Waals surface area contributed by atoms with Crippen LogP contribution in [0.3, 0.4) is 0 Å². The van der Waals surface area contributed by atoms with E-state index in [0.717, 1.165) is 22.3 Å². The molecule has 0 fully saturated rings. The number of hydrogen-bond donors (Lipinski definition) is 1. The van der Waals surface area contributed by atoms with Crippen LogP contribution in [0, 0.1) is 6.92 Å². The number of carboxylic acid groups (broad SMARTS) is 1. The Morgan fingerprint density at radius 1 is 1.05 bits per heavy atom. The summed E-state index contributed by atoms with van der Waals surface area (Å²) in [6.45, 7) is 1.94. The third-order valence-electron chi connectivity index (χ3n) is 3.23. The monoisotopic (exact) mass is 278 g/mol. The summed E-state index contributed by atoms with van der Waals surface area (Å²) in [6.07, 6.45) is 0. The van der Waals surface area contributed by atoms with Gasteiger partial charge in [-0.05, 0) is 30.7 Å². The van der Waals surface area contributed by atoms with Crippen molar-refractivity contribution in [1.82, 2.24) is 4.98 Å². The summed E-state index contributed by atoms with van der Waals surface area (Å²) in [6, 6.07) is 14.0. The van der Waals surface area contributed by atoms with E-state index in [0.29, 0.717) is 5.69 Å². The number of fused-ring (bicyclic) bond motifs is 1. The van der Waals surface area contributed by atoms with Crippen molar-refractivity contribution in [3.05, 3.63) is 59.8 Å². The first kappa shape index (κ1) is 13.1. The molecule has 3 rings (SSSR count). The molecule has 2 aromatic carbocycles. The van der Waals surface area contributed by atoms with Crippen LogP contribution in [-0.2, 0) is 0 Å². The molecule has 5 heteroatoms. The molecule has 1 heterocycles. The Hall–Kier alpha value is -2.95. The van der Waals surface area contributed by atoms with Crippen LogP contribution in [-0.4, -0.2) is 11.0 Å². The molecule has 0 saturated carbocycles. The summed E-state index contributed by atoms with van der Waals surface area (Å²) >= 11 is 0. The van der Waals surface area contributed by atoms with E-state index in [9.17, 15) is 9.90 Å². The fourth-order valence-electron chi connectivity index (χ4n) is 2.16. The summed E-state index contributed by atoms with van der Waals surface area (Å²) in [5.41, 5.74) is 3.44. The number of aryl methyl sites for hydroxylation is 1. The number of carboxylic acids is 1. The fraction of sp³-hybridized carbons (Fsp3) is 0.0625. The number of hydrogen-bond acceptors (Lipinski definition) is 4. The van der Waals surface area contributed by atoms with Crippen molar-refractivity contribution >= 4 is 28.2 Å². The Morgan fingerprint density at radius 2 is 1.76 bits per heavy atom. The number of aromatic nitrogens is 1. The molecule has 21 heavy (non-hydrogen) atoms. The van der Waals surface area contributed by atoms with Gasteiger partial charge in [0, 0.05) is 16.6 Å². The second kappa shape index (κ2) is 5.20. The average Bonchev–Trinajstić information content (AvgIpc) is 2.81. The molecule has 0 aliphatic heterocycles. The number of carbonyl (C=O) groups excluding carboxylic acids is 1. The molecule has 1 N–H and O–H groups in total. The fourth-order valence-corrected chi connectivity index (χ4v) is 2.16. The molecule has 104 valence electrons. The highest BCUT2D eigenvalue weighted by atomic mass is 16.4. The number of rotatable bonds is 3. The first-order valence-electron chi connectivity index (χ1n) is 6.45. The minimum atomic E-state index is -1.20. The van der Waals surface area contributed by atoms with Crippen LogP contribution in [0.4, 0.5) is 11.4 Å². The second-order valence-corrected chi connectivity index (χ2v) is 4.68. The van der Waals surface area contributed by atoms with Crippen LogP contribution < -0.4 is 5.11 Å². The number of para-hydroxylation sites is 1. The van der Waals surface area contributed by atoms with E-state index in [2.05, 4.69) is 15.2 Å². The van der Waals surface area contributed by atoms with Gasteiger partial charge in [-0.1, -0.05) is 30.3 Å². The second-order valence-electron chi connectivity index (χ2n) is 4.68. The van der Waals surface area contributed by atoms with Crippen LogP contribution in [0.15, 0.2) is 58.8 Å². The normalized spacial score (nSPS) is 11.3. The van der Waals surface area contributed by atoms with Crippen molar-refractivity contribution in [2.75, 3.05) is 0 Å². The van der Waals surface area contributed by atoms with Gasteiger partial charge < -0.3 is 14.9 Å². The third kappa shape index (κ3) is 2.53. The number of carbonyl (C=O) groups is 1. The van der Waals surface area contributed by atoms with Gasteiger partial charge in [0.25, 0.3) is 0 Å². The van der Waals surface area contributed by atoms with Gasteiger partial charge in [-0.3, -0.25) is 0 Å². The van der Waals surface area contributed by atoms with E-state index in [4.69, 9.17) is 0 Å². The highest BCUT2D eigenvalue weighted by molar-refractivity contribution is 5.92. The van der Waals surface area contributed by atoms with Crippen molar-refractivity contribution in [1.29, 1.82) is 0 Å². The highest BCUT2D eigenvalue weighted by Crippen LogP contribution is 2.31. The zero-order chi connectivity index (χ0) is 14.8. The lowest BCUT2D eigenvalue weighted by atomic mass is 10.2. The molecule has 1 aromatic heterocycles. The minimum Gasteiger partial charge on any atom is -0.545 e. The Balaban J connectivity index is 1.94. The Labute approximate surface area is 121 Å². The zero-order valence-corrected chi connectivity index (χ0v) is 11.3. The van der Waals surface area contributed by atoms with Gasteiger partial charge in [-0.15, -0.1) is 5.11 Å². The van der Waals surface area contributed by atoms with Gasteiger partial charge in [-0.2, -0.15) is 5.11 Å². The van der Waals surface area contributed by atoms with E-state index in [1.807, 2.05) is 31.2 Å². The maximum atomic E-state index is 10.7. The molecule has 3 aromatic rings. The van der Waals surface area contributed by atoms with Crippen molar-refractivity contribution in [3.63, 3.8) is 0 Å². The quantitative estimate of drug-likeness (QED) is 0.746. The molecule has 0 aliphatic rings. The molecule has 0 aliphatic carbocycles. The van der Waals surface area contributed by atoms with Crippen LogP contribution in [0.2, 0.25) is 0 Å². The Kier molecular flexibility index (Phi) is 3.23. The lowest BCUT2D eigenvalue weighted by molar-refractivity contribution is -0.255. The number of aromatic amines is 1. The molecule has 0 radical (unpaired) electrons. The van der Waals surface area contributed by atoms with Gasteiger partial charge in [0.05, 0.1) is 11.7 Å². The van der Waals surface area contributed by atoms with E-state index in [1.54, 1.807) is 12.1 Å². The van der Waals surface area contributed by atoms with Gasteiger partial charge in [0.15, 0.2) is 0 Å². The maximum Gasteiger partial charge on any atom is 0.114 e. The average molecular weight is 278 g/mol. The molecule has 0 spiro atoms. The van der Waals surface area contributed by atoms with Crippen LogP contribution >= 0.6 is 0 Å². The Morgan fingerprint density at radius 3 is 2.48 bits per heavy atom. The number of azo groups is 1. The highest BCUT2D eigenvalue weighted by Gasteiger charge is 2.06. The summed E-state index contributed by atoms with van der Waals surface area (Å²) in [7, 11) is 0. The molecular weight excluding hydrogens is 266 g/mol.